The molecule has 268 valence electrons. The van der Waals surface area contributed by atoms with Gasteiger partial charge in [0.05, 0.1) is 6.61 Å². The highest BCUT2D eigenvalue weighted by atomic mass is 16.5. The van der Waals surface area contributed by atoms with E-state index in [0.29, 0.717) is 12.5 Å². The van der Waals surface area contributed by atoms with E-state index < -0.39 is 0 Å². The molecule has 0 radical (unpaired) electrons. The normalized spacial score (nSPS) is 12.3. The second-order valence-electron chi connectivity index (χ2n) is 14.5. The van der Waals surface area contributed by atoms with Crippen molar-refractivity contribution in [2.75, 3.05) is 6.61 Å². The van der Waals surface area contributed by atoms with Gasteiger partial charge in [0.15, 0.2) is 0 Å². The Balaban J connectivity index is 4.09. The minimum Gasteiger partial charge on any atom is -0.462 e. The first-order valence-electron chi connectivity index (χ1n) is 21.1. The van der Waals surface area contributed by atoms with Gasteiger partial charge in [0.2, 0.25) is 0 Å². The van der Waals surface area contributed by atoms with Crippen LogP contribution in [0, 0.1) is 5.92 Å². The first-order valence-corrected chi connectivity index (χ1v) is 21.1. The summed E-state index contributed by atoms with van der Waals surface area (Å²) in [5.41, 5.74) is 0. The lowest BCUT2D eigenvalue weighted by molar-refractivity contribution is -0.139. The monoisotopic (exact) mass is 633 g/mol. The van der Waals surface area contributed by atoms with Crippen LogP contribution < -0.4 is 0 Å². The highest BCUT2D eigenvalue weighted by molar-refractivity contribution is 5.81. The number of rotatable bonds is 38. The Labute approximate surface area is 285 Å². The topological polar surface area (TPSA) is 26.3 Å². The van der Waals surface area contributed by atoms with E-state index in [4.69, 9.17) is 4.74 Å². The molecule has 2 heteroatoms. The molecule has 0 aromatic rings. The molecule has 0 heterocycles. The fourth-order valence-electron chi connectivity index (χ4n) is 6.68. The second-order valence-corrected chi connectivity index (χ2v) is 14.5. The first kappa shape index (κ1) is 44.2. The molecule has 0 amide bonds. The molecule has 0 aromatic carbocycles. The average molecular weight is 633 g/mol. The van der Waals surface area contributed by atoms with Crippen LogP contribution in [0.2, 0.25) is 0 Å². The molecule has 0 rings (SSSR count). The van der Waals surface area contributed by atoms with Crippen LogP contribution in [-0.2, 0) is 9.53 Å². The van der Waals surface area contributed by atoms with Crippen LogP contribution in [0.5, 0.6) is 0 Å². The highest BCUT2D eigenvalue weighted by Gasteiger charge is 2.11. The number of ether oxygens (including phenoxy) is 1. The van der Waals surface area contributed by atoms with Crippen LogP contribution in [0.4, 0.5) is 0 Å². The molecular formula is C43H84O2. The van der Waals surface area contributed by atoms with E-state index in [1.54, 1.807) is 6.08 Å². The lowest BCUT2D eigenvalue weighted by Crippen LogP contribution is -2.13. The predicted molar refractivity (Wildman–Crippen MR) is 202 cm³/mol. The number of hydrogen-bond donors (Lipinski definition) is 0. The fourth-order valence-corrected chi connectivity index (χ4v) is 6.68. The molecule has 0 bridgehead atoms. The Morgan fingerprint density at radius 1 is 0.422 bits per heavy atom. The Morgan fingerprint density at radius 3 is 1.04 bits per heavy atom. The van der Waals surface area contributed by atoms with Crippen LogP contribution in [0.3, 0.4) is 0 Å². The van der Waals surface area contributed by atoms with E-state index >= 15 is 0 Å². The van der Waals surface area contributed by atoms with Crippen molar-refractivity contribution >= 4 is 5.97 Å². The van der Waals surface area contributed by atoms with E-state index in [2.05, 4.69) is 20.8 Å². The van der Waals surface area contributed by atoms with E-state index in [-0.39, 0.29) is 5.97 Å². The van der Waals surface area contributed by atoms with Crippen molar-refractivity contribution < 1.29 is 9.53 Å². The number of carbonyl (C=O) groups excluding carboxylic acids is 1. The summed E-state index contributed by atoms with van der Waals surface area (Å²) in [6, 6.07) is 0. The Hall–Kier alpha value is -0.790. The summed E-state index contributed by atoms with van der Waals surface area (Å²) in [6.07, 6.45) is 51.4. The fraction of sp³-hybridized carbons (Fsp3) is 0.930. The van der Waals surface area contributed by atoms with E-state index in [9.17, 15) is 4.79 Å². The van der Waals surface area contributed by atoms with Crippen molar-refractivity contribution in [1.82, 2.24) is 0 Å². The van der Waals surface area contributed by atoms with E-state index in [0.717, 1.165) is 6.42 Å². The molecule has 1 unspecified atom stereocenters. The van der Waals surface area contributed by atoms with E-state index in [1.807, 2.05) is 6.08 Å². The van der Waals surface area contributed by atoms with Crippen LogP contribution in [0.1, 0.15) is 245 Å². The van der Waals surface area contributed by atoms with Gasteiger partial charge in [-0.25, -0.2) is 4.79 Å². The maximum atomic E-state index is 12.4. The van der Waals surface area contributed by atoms with Crippen LogP contribution in [0.15, 0.2) is 12.2 Å². The van der Waals surface area contributed by atoms with Crippen LogP contribution >= 0.6 is 0 Å². The molecule has 0 aliphatic heterocycles. The third-order valence-corrected chi connectivity index (χ3v) is 9.87. The number of esters is 1. The van der Waals surface area contributed by atoms with Gasteiger partial charge in [-0.15, -0.1) is 0 Å². The molecule has 0 spiro atoms. The van der Waals surface area contributed by atoms with Crippen LogP contribution in [-0.4, -0.2) is 12.6 Å². The zero-order valence-electron chi connectivity index (χ0n) is 31.5. The summed E-state index contributed by atoms with van der Waals surface area (Å²) in [5, 5.41) is 0. The largest absolute Gasteiger partial charge is 0.462 e. The van der Waals surface area contributed by atoms with Gasteiger partial charge in [0.25, 0.3) is 0 Å². The molecule has 45 heavy (non-hydrogen) atoms. The molecule has 0 aliphatic rings. The molecular weight excluding hydrogens is 548 g/mol. The molecule has 0 saturated heterocycles. The van der Waals surface area contributed by atoms with Crippen molar-refractivity contribution in [2.45, 2.75) is 245 Å². The van der Waals surface area contributed by atoms with Gasteiger partial charge < -0.3 is 4.74 Å². The Morgan fingerprint density at radius 2 is 0.711 bits per heavy atom. The third-order valence-electron chi connectivity index (χ3n) is 9.87. The maximum absolute atomic E-state index is 12.4. The minimum atomic E-state index is -0.123. The molecule has 0 saturated carbocycles. The molecule has 1 atom stereocenters. The summed E-state index contributed by atoms with van der Waals surface area (Å²) in [4.78, 5) is 12.4. The summed E-state index contributed by atoms with van der Waals surface area (Å²) in [7, 11) is 0. The maximum Gasteiger partial charge on any atom is 0.330 e. The average Bonchev–Trinajstić information content (AvgIpc) is 3.05. The molecule has 0 aliphatic carbocycles. The van der Waals surface area contributed by atoms with Crippen molar-refractivity contribution in [1.29, 1.82) is 0 Å². The van der Waals surface area contributed by atoms with Gasteiger partial charge in [0.1, 0.15) is 0 Å². The molecule has 0 N–H and O–H groups in total. The van der Waals surface area contributed by atoms with Crippen molar-refractivity contribution in [3.63, 3.8) is 0 Å². The Kier molecular flexibility index (Phi) is 38.7. The van der Waals surface area contributed by atoms with Gasteiger partial charge in [-0.1, -0.05) is 226 Å². The van der Waals surface area contributed by atoms with E-state index in [1.165, 1.54) is 218 Å². The van der Waals surface area contributed by atoms with Gasteiger partial charge in [0, 0.05) is 6.08 Å². The molecule has 2 nitrogen and oxygen atoms in total. The molecule has 0 fully saturated rings. The van der Waals surface area contributed by atoms with Gasteiger partial charge in [-0.3, -0.25) is 0 Å². The number of carbonyl (C=O) groups is 1. The third kappa shape index (κ3) is 37.5. The minimum absolute atomic E-state index is 0.123. The smallest absolute Gasteiger partial charge is 0.330 e. The SMILES string of the molecule is CCCCCCCCC=CC(=O)OCC(CCCCCCCCCCCCCC)CCCCCCCCCCCCCCCC. The second kappa shape index (κ2) is 39.4. The standard InChI is InChI=1S/C43H84O2/c1-4-7-10-13-16-19-21-23-24-26-28-30-33-36-39-42(38-35-32-29-27-25-22-20-17-14-11-8-5-2)41-45-43(44)40-37-34-31-18-15-12-9-6-3/h37,40,42H,4-36,38-39,41H2,1-3H3. The van der Waals surface area contributed by atoms with Crippen molar-refractivity contribution in [2.24, 2.45) is 5.92 Å². The summed E-state index contributed by atoms with van der Waals surface area (Å²) in [5.74, 6) is 0.419. The van der Waals surface area contributed by atoms with Gasteiger partial charge >= 0.3 is 5.97 Å². The Bertz CT molecular complexity index is 582. The number of allylic oxidation sites excluding steroid dienone is 1. The quantitative estimate of drug-likeness (QED) is 0.0384. The van der Waals surface area contributed by atoms with Gasteiger partial charge in [-0.2, -0.15) is 0 Å². The predicted octanol–water partition coefficient (Wildman–Crippen LogP) is 15.4. The zero-order chi connectivity index (χ0) is 32.7. The first-order chi connectivity index (χ1) is 22.2. The molecule has 0 aromatic heterocycles. The lowest BCUT2D eigenvalue weighted by atomic mass is 9.94. The zero-order valence-corrected chi connectivity index (χ0v) is 31.5. The summed E-state index contributed by atoms with van der Waals surface area (Å²) >= 11 is 0. The lowest BCUT2D eigenvalue weighted by Gasteiger charge is -2.17. The highest BCUT2D eigenvalue weighted by Crippen LogP contribution is 2.21. The van der Waals surface area contributed by atoms with Crippen molar-refractivity contribution in [3.8, 4) is 0 Å². The summed E-state index contributed by atoms with van der Waals surface area (Å²) < 4.78 is 5.77. The number of hydrogen-bond acceptors (Lipinski definition) is 2. The van der Waals surface area contributed by atoms with Gasteiger partial charge in [-0.05, 0) is 31.6 Å². The summed E-state index contributed by atoms with van der Waals surface area (Å²) in [6.45, 7) is 7.48. The number of unbranched alkanes of at least 4 members (excludes halogenated alkanes) is 30. The van der Waals surface area contributed by atoms with Crippen LogP contribution in [0.25, 0.3) is 0 Å². The van der Waals surface area contributed by atoms with Crippen molar-refractivity contribution in [3.05, 3.63) is 12.2 Å².